The van der Waals surface area contributed by atoms with E-state index in [0.29, 0.717) is 23.7 Å². The molecule has 0 bridgehead atoms. The molecule has 0 spiro atoms. The summed E-state index contributed by atoms with van der Waals surface area (Å²) in [5, 5.41) is 7.28. The second-order valence-electron chi connectivity index (χ2n) is 8.22. The molecule has 0 unspecified atom stereocenters. The van der Waals surface area contributed by atoms with Crippen LogP contribution in [0.5, 0.6) is 11.6 Å². The van der Waals surface area contributed by atoms with Crippen molar-refractivity contribution in [2.75, 3.05) is 22.2 Å². The minimum absolute atomic E-state index is 0.0144. The Morgan fingerprint density at radius 3 is 2.32 bits per heavy atom. The van der Waals surface area contributed by atoms with Crippen LogP contribution in [-0.2, 0) is 20.8 Å². The quantitative estimate of drug-likeness (QED) is 0.399. The molecule has 10 nitrogen and oxygen atoms in total. The molecule has 1 aromatic carbocycles. The highest BCUT2D eigenvalue weighted by Gasteiger charge is 2.32. The van der Waals surface area contributed by atoms with Crippen molar-refractivity contribution in [3.63, 3.8) is 0 Å². The van der Waals surface area contributed by atoms with Crippen LogP contribution < -0.4 is 20.7 Å². The van der Waals surface area contributed by atoms with E-state index < -0.39 is 32.5 Å². The Bertz CT molecular complexity index is 1440. The van der Waals surface area contributed by atoms with Gasteiger partial charge in [0, 0.05) is 36.2 Å². The van der Waals surface area contributed by atoms with Crippen molar-refractivity contribution in [3.8, 4) is 11.6 Å². The number of pyridine rings is 2. The maximum atomic E-state index is 13.2. The third-order valence-electron chi connectivity index (χ3n) is 5.07. The monoisotopic (exact) mass is 535 g/mol. The first-order chi connectivity index (χ1) is 17.4. The molecular weight excluding hydrogens is 515 g/mol. The summed E-state index contributed by atoms with van der Waals surface area (Å²) >= 11 is 0. The first-order valence-corrected chi connectivity index (χ1v) is 12.7. The highest BCUT2D eigenvalue weighted by Crippen LogP contribution is 2.33. The molecule has 4 rings (SSSR count). The summed E-state index contributed by atoms with van der Waals surface area (Å²) in [6.45, 7) is 0. The number of sulfone groups is 1. The van der Waals surface area contributed by atoms with Crippen LogP contribution >= 0.6 is 0 Å². The lowest BCUT2D eigenvalue weighted by Gasteiger charge is -2.13. The van der Waals surface area contributed by atoms with Crippen LogP contribution in [0, 0.1) is 5.92 Å². The number of alkyl halides is 3. The SMILES string of the molecule is CS(=O)(=O)c1cc(NC(=O)Nc2ccc(Oc3ccnc(NC(=O)C4CC4)c3)nc2)cc(C(F)(F)F)c1. The predicted octanol–water partition coefficient (Wildman–Crippen LogP) is 4.68. The maximum absolute atomic E-state index is 13.2. The number of ether oxygens (including phenoxy) is 1. The third-order valence-corrected chi connectivity index (χ3v) is 6.16. The van der Waals surface area contributed by atoms with E-state index >= 15 is 0 Å². The van der Waals surface area contributed by atoms with Gasteiger partial charge in [-0.15, -0.1) is 0 Å². The summed E-state index contributed by atoms with van der Waals surface area (Å²) < 4.78 is 68.6. The smallest absolute Gasteiger partial charge is 0.416 e. The number of benzene rings is 1. The fourth-order valence-corrected chi connectivity index (χ4v) is 3.78. The summed E-state index contributed by atoms with van der Waals surface area (Å²) in [5.74, 6) is 0.762. The lowest BCUT2D eigenvalue weighted by atomic mass is 10.2. The number of nitrogens with zero attached hydrogens (tertiary/aromatic N) is 2. The van der Waals surface area contributed by atoms with Gasteiger partial charge >= 0.3 is 12.2 Å². The Hall–Kier alpha value is -4.20. The van der Waals surface area contributed by atoms with Gasteiger partial charge < -0.3 is 20.7 Å². The van der Waals surface area contributed by atoms with Crippen LogP contribution in [0.1, 0.15) is 18.4 Å². The molecule has 3 amide bonds. The van der Waals surface area contributed by atoms with Crippen LogP contribution in [0.2, 0.25) is 0 Å². The van der Waals surface area contributed by atoms with Crippen LogP contribution in [0.3, 0.4) is 0 Å². The first kappa shape index (κ1) is 25.9. The van der Waals surface area contributed by atoms with Gasteiger partial charge in [-0.3, -0.25) is 4.79 Å². The number of carbonyl (C=O) groups excluding carboxylic acids is 2. The van der Waals surface area contributed by atoms with Crippen molar-refractivity contribution in [1.82, 2.24) is 9.97 Å². The molecular formula is C23H20F3N5O5S. The average Bonchev–Trinajstić information content (AvgIpc) is 3.65. The topological polar surface area (TPSA) is 139 Å². The maximum Gasteiger partial charge on any atom is 0.416 e. The number of halogens is 3. The fraction of sp³-hybridized carbons (Fsp3) is 0.217. The molecule has 2 aromatic heterocycles. The van der Waals surface area contributed by atoms with E-state index in [1.807, 2.05) is 0 Å². The van der Waals surface area contributed by atoms with Crippen LogP contribution in [-0.4, -0.2) is 36.6 Å². The van der Waals surface area contributed by atoms with Crippen LogP contribution in [0.15, 0.2) is 59.8 Å². The van der Waals surface area contributed by atoms with E-state index in [9.17, 15) is 31.2 Å². The molecule has 0 aliphatic heterocycles. The number of anilines is 3. The molecule has 1 aliphatic rings. The molecule has 2 heterocycles. The molecule has 0 atom stereocenters. The number of rotatable bonds is 7. The molecule has 3 aromatic rings. The summed E-state index contributed by atoms with van der Waals surface area (Å²) in [4.78, 5) is 31.7. The molecule has 0 saturated heterocycles. The highest BCUT2D eigenvalue weighted by atomic mass is 32.2. The molecule has 3 N–H and O–H groups in total. The number of amides is 3. The lowest BCUT2D eigenvalue weighted by Crippen LogP contribution is -2.20. The van der Waals surface area contributed by atoms with Crippen molar-refractivity contribution < 1.29 is 35.9 Å². The number of urea groups is 1. The Labute approximate surface area is 209 Å². The largest absolute Gasteiger partial charge is 0.439 e. The van der Waals surface area contributed by atoms with Gasteiger partial charge in [0.15, 0.2) is 9.84 Å². The van der Waals surface area contributed by atoms with Gasteiger partial charge in [0.1, 0.15) is 11.6 Å². The number of carbonyl (C=O) groups is 2. The zero-order chi connectivity index (χ0) is 26.8. The van der Waals surface area contributed by atoms with Crippen molar-refractivity contribution in [2.45, 2.75) is 23.9 Å². The molecule has 1 saturated carbocycles. The van der Waals surface area contributed by atoms with E-state index in [4.69, 9.17) is 4.74 Å². The van der Waals surface area contributed by atoms with E-state index in [0.717, 1.165) is 25.2 Å². The van der Waals surface area contributed by atoms with Gasteiger partial charge in [0.25, 0.3) is 0 Å². The average molecular weight is 536 g/mol. The minimum atomic E-state index is -4.81. The molecule has 194 valence electrons. The Kier molecular flexibility index (Phi) is 7.03. The standard InChI is InChI=1S/C23H20F3N5O5S/c1-37(34,35)18-9-14(23(24,25)26)8-16(10-18)30-22(33)29-15-4-5-20(28-12-15)36-17-6-7-27-19(11-17)31-21(32)13-2-3-13/h4-13H,2-3H2,1H3,(H,27,31,32)(H2,29,30,33). The van der Waals surface area contributed by atoms with Gasteiger partial charge in [-0.25, -0.2) is 23.2 Å². The van der Waals surface area contributed by atoms with Crippen LogP contribution in [0.4, 0.5) is 35.2 Å². The molecule has 37 heavy (non-hydrogen) atoms. The highest BCUT2D eigenvalue weighted by molar-refractivity contribution is 7.90. The van der Waals surface area contributed by atoms with Gasteiger partial charge in [0.2, 0.25) is 11.8 Å². The fourth-order valence-electron chi connectivity index (χ4n) is 3.09. The number of hydrogen-bond donors (Lipinski definition) is 3. The van der Waals surface area contributed by atoms with E-state index in [1.54, 1.807) is 6.07 Å². The van der Waals surface area contributed by atoms with Crippen molar-refractivity contribution in [3.05, 3.63) is 60.4 Å². The lowest BCUT2D eigenvalue weighted by molar-refractivity contribution is -0.137. The van der Waals surface area contributed by atoms with E-state index in [-0.39, 0.29) is 29.1 Å². The summed E-state index contributed by atoms with van der Waals surface area (Å²) in [6.07, 6.45) is 0.364. The van der Waals surface area contributed by atoms with E-state index in [2.05, 4.69) is 25.9 Å². The van der Waals surface area contributed by atoms with Gasteiger partial charge in [-0.1, -0.05) is 0 Å². The van der Waals surface area contributed by atoms with Gasteiger partial charge in [-0.05, 0) is 43.2 Å². The molecule has 0 radical (unpaired) electrons. The normalized spacial score (nSPS) is 13.5. The van der Waals surface area contributed by atoms with Gasteiger partial charge in [0.05, 0.1) is 22.3 Å². The molecule has 14 heteroatoms. The van der Waals surface area contributed by atoms with Crippen molar-refractivity contribution >= 4 is 39.0 Å². The summed E-state index contributed by atoms with van der Waals surface area (Å²) in [7, 11) is -3.96. The third kappa shape index (κ3) is 7.16. The summed E-state index contributed by atoms with van der Waals surface area (Å²) in [6, 6.07) is 7.09. The van der Waals surface area contributed by atoms with E-state index in [1.165, 1.54) is 30.6 Å². The first-order valence-electron chi connectivity index (χ1n) is 10.8. The zero-order valence-electron chi connectivity index (χ0n) is 19.2. The zero-order valence-corrected chi connectivity index (χ0v) is 20.0. The van der Waals surface area contributed by atoms with Crippen molar-refractivity contribution in [2.24, 2.45) is 5.92 Å². The van der Waals surface area contributed by atoms with Gasteiger partial charge in [-0.2, -0.15) is 13.2 Å². The predicted molar refractivity (Wildman–Crippen MR) is 127 cm³/mol. The minimum Gasteiger partial charge on any atom is -0.439 e. The summed E-state index contributed by atoms with van der Waals surface area (Å²) in [5.41, 5.74) is -1.39. The number of hydrogen-bond acceptors (Lipinski definition) is 7. The number of aromatic nitrogens is 2. The number of nitrogens with one attached hydrogen (secondary N) is 3. The Balaban J connectivity index is 1.39. The molecule has 1 aliphatic carbocycles. The second kappa shape index (κ2) is 10.0. The Morgan fingerprint density at radius 1 is 0.973 bits per heavy atom. The van der Waals surface area contributed by atoms with Crippen molar-refractivity contribution in [1.29, 1.82) is 0 Å². The Morgan fingerprint density at radius 2 is 1.70 bits per heavy atom. The molecule has 1 fully saturated rings. The van der Waals surface area contributed by atoms with Crippen LogP contribution in [0.25, 0.3) is 0 Å². The second-order valence-corrected chi connectivity index (χ2v) is 10.2.